The van der Waals surface area contributed by atoms with Gasteiger partial charge >= 0.3 is 0 Å². The van der Waals surface area contributed by atoms with Gasteiger partial charge in [-0.1, -0.05) is 36.4 Å². The quantitative estimate of drug-likeness (QED) is 0.622. The average molecular weight is 133 g/mol. The van der Waals surface area contributed by atoms with Crippen molar-refractivity contribution < 1.29 is 0 Å². The summed E-state index contributed by atoms with van der Waals surface area (Å²) >= 11 is 0. The van der Waals surface area contributed by atoms with E-state index in [1.165, 1.54) is 5.56 Å². The molecule has 1 aromatic rings. The molecule has 0 bridgehead atoms. The molecule has 0 aliphatic rings. The second kappa shape index (κ2) is 2.56. The normalized spacial score (nSPS) is 9.30. The third-order valence-corrected chi connectivity index (χ3v) is 1.42. The molecule has 0 radical (unpaired) electrons. The van der Waals surface area contributed by atoms with Gasteiger partial charge in [0.15, 0.2) is 0 Å². The number of aryl methyl sites for hydroxylation is 1. The largest absolute Gasteiger partial charge is 0.399 e. The molecule has 10 heavy (non-hydrogen) atoms. The summed E-state index contributed by atoms with van der Waals surface area (Å²) < 4.78 is 0. The molecule has 0 unspecified atom stereocenters. The first-order valence-corrected chi connectivity index (χ1v) is 3.21. The Balaban J connectivity index is 3.00. The van der Waals surface area contributed by atoms with Crippen LogP contribution in [0.15, 0.2) is 30.8 Å². The Hall–Kier alpha value is -1.24. The lowest BCUT2D eigenvalue weighted by molar-refractivity contribution is 1.44. The molecule has 1 aromatic carbocycles. The number of hydrogen-bond donors (Lipinski definition) is 1. The highest BCUT2D eigenvalue weighted by molar-refractivity contribution is 5.60. The molecule has 0 saturated carbocycles. The zero-order valence-corrected chi connectivity index (χ0v) is 6.09. The number of nitrogens with two attached hydrogens (primary N) is 1. The minimum atomic E-state index is 0.625. The topological polar surface area (TPSA) is 26.0 Å². The van der Waals surface area contributed by atoms with Crippen LogP contribution in [0.3, 0.4) is 0 Å². The summed E-state index contributed by atoms with van der Waals surface area (Å²) in [5.74, 6) is 0. The van der Waals surface area contributed by atoms with Gasteiger partial charge in [0.2, 0.25) is 0 Å². The molecular formula is C9H11N. The summed E-state index contributed by atoms with van der Waals surface area (Å²) in [6.45, 7) is 5.68. The first-order valence-electron chi connectivity index (χ1n) is 3.21. The van der Waals surface area contributed by atoms with Crippen molar-refractivity contribution in [1.82, 2.24) is 0 Å². The van der Waals surface area contributed by atoms with Crippen molar-refractivity contribution in [1.29, 1.82) is 0 Å². The molecule has 0 fully saturated rings. The summed E-state index contributed by atoms with van der Waals surface area (Å²) in [5.41, 5.74) is 8.34. The smallest absolute Gasteiger partial charge is 0.0314 e. The minimum absolute atomic E-state index is 0.625. The molecule has 0 atom stereocenters. The summed E-state index contributed by atoms with van der Waals surface area (Å²) in [7, 11) is 0. The Morgan fingerprint density at radius 3 is 2.20 bits per heavy atom. The van der Waals surface area contributed by atoms with E-state index in [-0.39, 0.29) is 0 Å². The van der Waals surface area contributed by atoms with Gasteiger partial charge in [-0.25, -0.2) is 0 Å². The third kappa shape index (κ3) is 1.38. The summed E-state index contributed by atoms with van der Waals surface area (Å²) in [6, 6.07) is 7.98. The summed E-state index contributed by atoms with van der Waals surface area (Å²) in [6.07, 6.45) is 0. The highest BCUT2D eigenvalue weighted by Crippen LogP contribution is 2.07. The third-order valence-electron chi connectivity index (χ3n) is 1.42. The van der Waals surface area contributed by atoms with Gasteiger partial charge in [0.05, 0.1) is 0 Å². The van der Waals surface area contributed by atoms with E-state index in [9.17, 15) is 0 Å². The van der Waals surface area contributed by atoms with Crippen LogP contribution in [0, 0.1) is 6.92 Å². The number of benzene rings is 1. The van der Waals surface area contributed by atoms with Crippen molar-refractivity contribution in [2.45, 2.75) is 6.92 Å². The lowest BCUT2D eigenvalue weighted by Gasteiger charge is -1.98. The maximum atomic E-state index is 5.47. The van der Waals surface area contributed by atoms with Crippen LogP contribution in [-0.2, 0) is 0 Å². The second-order valence-electron chi connectivity index (χ2n) is 2.39. The lowest BCUT2D eigenvalue weighted by Crippen LogP contribution is -1.92. The highest BCUT2D eigenvalue weighted by Gasteiger charge is 1.90. The lowest BCUT2D eigenvalue weighted by atomic mass is 10.1. The molecule has 0 heterocycles. The molecule has 0 spiro atoms. The molecule has 52 valence electrons. The number of rotatable bonds is 1. The number of hydrogen-bond acceptors (Lipinski definition) is 1. The van der Waals surface area contributed by atoms with E-state index in [0.29, 0.717) is 5.70 Å². The van der Waals surface area contributed by atoms with Gasteiger partial charge in [-0.15, -0.1) is 0 Å². The van der Waals surface area contributed by atoms with Crippen molar-refractivity contribution in [3.63, 3.8) is 0 Å². The Morgan fingerprint density at radius 2 is 1.80 bits per heavy atom. The van der Waals surface area contributed by atoms with Gasteiger partial charge in [0, 0.05) is 5.70 Å². The van der Waals surface area contributed by atoms with Crippen LogP contribution < -0.4 is 5.73 Å². The molecule has 0 amide bonds. The van der Waals surface area contributed by atoms with Crippen LogP contribution in [0.5, 0.6) is 0 Å². The fourth-order valence-corrected chi connectivity index (χ4v) is 0.768. The molecule has 1 rings (SSSR count). The highest BCUT2D eigenvalue weighted by atomic mass is 14.6. The van der Waals surface area contributed by atoms with Crippen LogP contribution in [0.2, 0.25) is 0 Å². The van der Waals surface area contributed by atoms with E-state index >= 15 is 0 Å². The molecular weight excluding hydrogens is 122 g/mol. The maximum absolute atomic E-state index is 5.47. The molecule has 1 heteroatoms. The van der Waals surface area contributed by atoms with Gasteiger partial charge in [0.25, 0.3) is 0 Å². The monoisotopic (exact) mass is 133 g/mol. The minimum Gasteiger partial charge on any atom is -0.399 e. The first-order chi connectivity index (χ1) is 4.70. The average Bonchev–Trinajstić information content (AvgIpc) is 1.88. The van der Waals surface area contributed by atoms with E-state index in [1.807, 2.05) is 31.2 Å². The SMILES string of the molecule is C=C(N)c1ccc(C)cc1. The van der Waals surface area contributed by atoms with Crippen molar-refractivity contribution in [2.24, 2.45) is 5.73 Å². The maximum Gasteiger partial charge on any atom is 0.0314 e. The molecule has 0 aliphatic heterocycles. The van der Waals surface area contributed by atoms with E-state index in [4.69, 9.17) is 5.73 Å². The Kier molecular flexibility index (Phi) is 1.76. The Labute approximate surface area is 61.2 Å². The van der Waals surface area contributed by atoms with E-state index in [2.05, 4.69) is 6.58 Å². The van der Waals surface area contributed by atoms with Gasteiger partial charge in [-0.3, -0.25) is 0 Å². The first kappa shape index (κ1) is 6.87. The van der Waals surface area contributed by atoms with Crippen molar-refractivity contribution >= 4 is 5.70 Å². The predicted octanol–water partition coefficient (Wildman–Crippen LogP) is 1.92. The van der Waals surface area contributed by atoms with Crippen LogP contribution in [0.4, 0.5) is 0 Å². The van der Waals surface area contributed by atoms with Gasteiger partial charge in [-0.05, 0) is 12.5 Å². The molecule has 2 N–H and O–H groups in total. The standard InChI is InChI=1S/C9H11N/c1-7-3-5-9(6-4-7)8(2)10/h3-6H,2,10H2,1H3. The molecule has 0 aromatic heterocycles. The fraction of sp³-hybridized carbons (Fsp3) is 0.111. The van der Waals surface area contributed by atoms with E-state index < -0.39 is 0 Å². The fourth-order valence-electron chi connectivity index (χ4n) is 0.768. The van der Waals surface area contributed by atoms with Gasteiger partial charge in [0.1, 0.15) is 0 Å². The molecule has 1 nitrogen and oxygen atoms in total. The predicted molar refractivity (Wildman–Crippen MR) is 44.4 cm³/mol. The van der Waals surface area contributed by atoms with Crippen LogP contribution in [0.1, 0.15) is 11.1 Å². The second-order valence-corrected chi connectivity index (χ2v) is 2.39. The summed E-state index contributed by atoms with van der Waals surface area (Å²) in [4.78, 5) is 0. The van der Waals surface area contributed by atoms with Crippen LogP contribution in [-0.4, -0.2) is 0 Å². The molecule has 0 saturated heterocycles. The van der Waals surface area contributed by atoms with Crippen LogP contribution in [0.25, 0.3) is 5.70 Å². The van der Waals surface area contributed by atoms with Gasteiger partial charge in [-0.2, -0.15) is 0 Å². The Morgan fingerprint density at radius 1 is 1.30 bits per heavy atom. The van der Waals surface area contributed by atoms with Crippen LogP contribution >= 0.6 is 0 Å². The van der Waals surface area contributed by atoms with Crippen molar-refractivity contribution in [2.75, 3.05) is 0 Å². The molecule has 0 aliphatic carbocycles. The summed E-state index contributed by atoms with van der Waals surface area (Å²) in [5, 5.41) is 0. The van der Waals surface area contributed by atoms with E-state index in [0.717, 1.165) is 5.56 Å². The zero-order valence-electron chi connectivity index (χ0n) is 6.09. The van der Waals surface area contributed by atoms with E-state index in [1.54, 1.807) is 0 Å². The Bertz CT molecular complexity index is 233. The van der Waals surface area contributed by atoms with Crippen molar-refractivity contribution in [3.8, 4) is 0 Å². The van der Waals surface area contributed by atoms with Gasteiger partial charge < -0.3 is 5.73 Å². The zero-order chi connectivity index (χ0) is 7.56. The van der Waals surface area contributed by atoms with Crippen molar-refractivity contribution in [3.05, 3.63) is 42.0 Å².